The molecular weight excluding hydrogens is 234 g/mol. The van der Waals surface area contributed by atoms with Gasteiger partial charge in [-0.2, -0.15) is 5.10 Å². The van der Waals surface area contributed by atoms with Crippen molar-refractivity contribution in [2.75, 3.05) is 0 Å². The number of carbonyl (C=O) groups excluding carboxylic acids is 2. The molecule has 1 heterocycles. The van der Waals surface area contributed by atoms with Crippen molar-refractivity contribution in [1.29, 1.82) is 0 Å². The van der Waals surface area contributed by atoms with Crippen LogP contribution < -0.4 is 5.32 Å². The Morgan fingerprint density at radius 2 is 2.06 bits per heavy atom. The van der Waals surface area contributed by atoms with Crippen LogP contribution in [0.5, 0.6) is 0 Å². The number of nitrogens with zero attached hydrogens (tertiary/aromatic N) is 2. The molecule has 1 aromatic heterocycles. The van der Waals surface area contributed by atoms with Crippen LogP contribution in [0, 0.1) is 0 Å². The number of aromatic nitrogens is 2. The van der Waals surface area contributed by atoms with Crippen LogP contribution in [0.25, 0.3) is 0 Å². The van der Waals surface area contributed by atoms with Gasteiger partial charge in [0.25, 0.3) is 0 Å². The number of Topliss-reactive ketones (excluding diaryl/α,β-unsaturated/α-hetero) is 1. The number of hydrogen-bond donors (Lipinski definition) is 1. The standard InChI is InChI=1S/C12H19N3O3/c1-8(14-11(17)18-12(2,3)4)10(16)9-6-13-15(5)7-9/h6-8H,1-5H3,(H,14,17). The van der Waals surface area contributed by atoms with E-state index in [1.165, 1.54) is 10.9 Å². The van der Waals surface area contributed by atoms with E-state index < -0.39 is 17.7 Å². The van der Waals surface area contributed by atoms with Crippen LogP contribution in [0.3, 0.4) is 0 Å². The molecule has 18 heavy (non-hydrogen) atoms. The van der Waals surface area contributed by atoms with Gasteiger partial charge in [0.1, 0.15) is 5.60 Å². The number of amides is 1. The van der Waals surface area contributed by atoms with Gasteiger partial charge in [0.15, 0.2) is 5.78 Å². The highest BCUT2D eigenvalue weighted by atomic mass is 16.6. The summed E-state index contributed by atoms with van der Waals surface area (Å²) in [5.41, 5.74) is -0.123. The largest absolute Gasteiger partial charge is 0.444 e. The molecule has 1 unspecified atom stereocenters. The highest BCUT2D eigenvalue weighted by molar-refractivity contribution is 6.00. The number of aryl methyl sites for hydroxylation is 1. The van der Waals surface area contributed by atoms with Crippen LogP contribution in [-0.4, -0.2) is 33.3 Å². The summed E-state index contributed by atoms with van der Waals surface area (Å²) in [4.78, 5) is 23.4. The second kappa shape index (κ2) is 5.20. The normalized spacial score (nSPS) is 12.9. The topological polar surface area (TPSA) is 73.2 Å². The van der Waals surface area contributed by atoms with Crippen LogP contribution in [0.2, 0.25) is 0 Å². The fourth-order valence-electron chi connectivity index (χ4n) is 1.35. The quantitative estimate of drug-likeness (QED) is 0.829. The second-order valence-corrected chi connectivity index (χ2v) is 5.13. The Morgan fingerprint density at radius 3 is 2.50 bits per heavy atom. The molecular formula is C12H19N3O3. The maximum absolute atomic E-state index is 11.9. The first kappa shape index (κ1) is 14.2. The third kappa shape index (κ3) is 4.20. The molecule has 0 radical (unpaired) electrons. The van der Waals surface area contributed by atoms with E-state index in [1.807, 2.05) is 0 Å². The summed E-state index contributed by atoms with van der Waals surface area (Å²) in [6, 6.07) is -0.649. The van der Waals surface area contributed by atoms with Crippen LogP contribution in [0.4, 0.5) is 4.79 Å². The van der Waals surface area contributed by atoms with Crippen LogP contribution in [0.1, 0.15) is 38.1 Å². The molecule has 1 rings (SSSR count). The molecule has 0 aliphatic carbocycles. The highest BCUT2D eigenvalue weighted by Gasteiger charge is 2.22. The maximum atomic E-state index is 11.9. The van der Waals surface area contributed by atoms with Gasteiger partial charge in [0.2, 0.25) is 0 Å². The van der Waals surface area contributed by atoms with Gasteiger partial charge in [0, 0.05) is 13.2 Å². The predicted octanol–water partition coefficient (Wildman–Crippen LogP) is 1.52. The number of alkyl carbamates (subject to hydrolysis) is 1. The molecule has 0 saturated heterocycles. The van der Waals surface area contributed by atoms with Crippen molar-refractivity contribution in [3.8, 4) is 0 Å². The van der Waals surface area contributed by atoms with E-state index in [9.17, 15) is 9.59 Å². The van der Waals surface area contributed by atoms with Gasteiger partial charge in [-0.3, -0.25) is 9.48 Å². The average molecular weight is 253 g/mol. The third-order valence-corrected chi connectivity index (χ3v) is 2.12. The lowest BCUT2D eigenvalue weighted by atomic mass is 10.1. The zero-order valence-corrected chi connectivity index (χ0v) is 11.4. The van der Waals surface area contributed by atoms with Gasteiger partial charge in [-0.25, -0.2) is 4.79 Å². The first-order valence-electron chi connectivity index (χ1n) is 5.71. The van der Waals surface area contributed by atoms with E-state index >= 15 is 0 Å². The zero-order valence-electron chi connectivity index (χ0n) is 11.4. The predicted molar refractivity (Wildman–Crippen MR) is 66.4 cm³/mol. The van der Waals surface area contributed by atoms with Gasteiger partial charge in [-0.1, -0.05) is 0 Å². The molecule has 0 aliphatic heterocycles. The Balaban J connectivity index is 2.58. The Kier molecular flexibility index (Phi) is 4.11. The van der Waals surface area contributed by atoms with Crippen molar-refractivity contribution >= 4 is 11.9 Å². The Hall–Kier alpha value is -1.85. The van der Waals surface area contributed by atoms with Crippen LogP contribution >= 0.6 is 0 Å². The minimum Gasteiger partial charge on any atom is -0.444 e. The number of ketones is 1. The van der Waals surface area contributed by atoms with E-state index in [1.54, 1.807) is 40.9 Å². The van der Waals surface area contributed by atoms with Crippen LogP contribution in [0.15, 0.2) is 12.4 Å². The summed E-state index contributed by atoms with van der Waals surface area (Å²) >= 11 is 0. The smallest absolute Gasteiger partial charge is 0.408 e. The summed E-state index contributed by atoms with van der Waals surface area (Å²) in [5, 5.41) is 6.41. The third-order valence-electron chi connectivity index (χ3n) is 2.12. The molecule has 0 aliphatic rings. The van der Waals surface area contributed by atoms with Crippen molar-refractivity contribution < 1.29 is 14.3 Å². The summed E-state index contributed by atoms with van der Waals surface area (Å²) in [5.74, 6) is -0.200. The number of hydrogen-bond acceptors (Lipinski definition) is 4. The van der Waals surface area contributed by atoms with E-state index in [4.69, 9.17) is 4.74 Å². The van der Waals surface area contributed by atoms with E-state index in [0.717, 1.165) is 0 Å². The Labute approximate surface area is 106 Å². The summed E-state index contributed by atoms with van der Waals surface area (Å²) < 4.78 is 6.61. The summed E-state index contributed by atoms with van der Waals surface area (Å²) in [6.45, 7) is 6.90. The fraction of sp³-hybridized carbons (Fsp3) is 0.583. The van der Waals surface area contributed by atoms with Crippen LogP contribution in [-0.2, 0) is 11.8 Å². The van der Waals surface area contributed by atoms with E-state index in [-0.39, 0.29) is 5.78 Å². The van der Waals surface area contributed by atoms with E-state index in [2.05, 4.69) is 10.4 Å². The molecule has 6 nitrogen and oxygen atoms in total. The van der Waals surface area contributed by atoms with Gasteiger partial charge in [0.05, 0.1) is 17.8 Å². The minimum atomic E-state index is -0.649. The second-order valence-electron chi connectivity index (χ2n) is 5.13. The molecule has 0 spiro atoms. The lowest BCUT2D eigenvalue weighted by molar-refractivity contribution is 0.0497. The van der Waals surface area contributed by atoms with Crippen molar-refractivity contribution in [3.05, 3.63) is 18.0 Å². The molecule has 0 aromatic carbocycles. The molecule has 1 amide bonds. The van der Waals surface area contributed by atoms with Gasteiger partial charge >= 0.3 is 6.09 Å². The molecule has 0 fully saturated rings. The Bertz CT molecular complexity index is 446. The lowest BCUT2D eigenvalue weighted by Gasteiger charge is -2.21. The summed E-state index contributed by atoms with van der Waals surface area (Å²) in [7, 11) is 1.72. The van der Waals surface area contributed by atoms with Gasteiger partial charge < -0.3 is 10.1 Å². The average Bonchev–Trinajstić information content (AvgIpc) is 2.60. The molecule has 0 bridgehead atoms. The van der Waals surface area contributed by atoms with Crippen molar-refractivity contribution in [1.82, 2.24) is 15.1 Å². The SMILES string of the molecule is CC(NC(=O)OC(C)(C)C)C(=O)c1cnn(C)c1. The number of ether oxygens (including phenoxy) is 1. The minimum absolute atomic E-state index is 0.200. The summed E-state index contributed by atoms with van der Waals surface area (Å²) in [6.07, 6.45) is 2.47. The highest BCUT2D eigenvalue weighted by Crippen LogP contribution is 2.08. The van der Waals surface area contributed by atoms with E-state index in [0.29, 0.717) is 5.56 Å². The molecule has 0 saturated carbocycles. The molecule has 100 valence electrons. The number of nitrogens with one attached hydrogen (secondary N) is 1. The van der Waals surface area contributed by atoms with Crippen molar-refractivity contribution in [2.45, 2.75) is 39.3 Å². The molecule has 1 aromatic rings. The molecule has 1 atom stereocenters. The lowest BCUT2D eigenvalue weighted by Crippen LogP contribution is -2.41. The Morgan fingerprint density at radius 1 is 1.44 bits per heavy atom. The number of rotatable bonds is 3. The molecule has 1 N–H and O–H groups in total. The fourth-order valence-corrected chi connectivity index (χ4v) is 1.35. The maximum Gasteiger partial charge on any atom is 0.408 e. The van der Waals surface area contributed by atoms with Gasteiger partial charge in [-0.15, -0.1) is 0 Å². The zero-order chi connectivity index (χ0) is 13.9. The van der Waals surface area contributed by atoms with Crippen molar-refractivity contribution in [2.24, 2.45) is 7.05 Å². The number of carbonyl (C=O) groups is 2. The van der Waals surface area contributed by atoms with Crippen molar-refractivity contribution in [3.63, 3.8) is 0 Å². The molecule has 6 heteroatoms. The first-order valence-corrected chi connectivity index (χ1v) is 5.71. The van der Waals surface area contributed by atoms with Gasteiger partial charge in [-0.05, 0) is 27.7 Å². The first-order chi connectivity index (χ1) is 8.19. The monoisotopic (exact) mass is 253 g/mol.